The fourth-order valence-corrected chi connectivity index (χ4v) is 2.36. The third kappa shape index (κ3) is 2.59. The molecule has 1 aliphatic carbocycles. The number of hydrogen-bond acceptors (Lipinski definition) is 3. The van der Waals surface area contributed by atoms with Crippen molar-refractivity contribution in [3.63, 3.8) is 0 Å². The van der Waals surface area contributed by atoms with Crippen LogP contribution in [0.25, 0.3) is 5.69 Å². The van der Waals surface area contributed by atoms with Gasteiger partial charge in [-0.25, -0.2) is 4.68 Å². The minimum absolute atomic E-state index is 0.164. The molecule has 0 saturated heterocycles. The number of rotatable bonds is 5. The van der Waals surface area contributed by atoms with Crippen LogP contribution >= 0.6 is 0 Å². The second-order valence-electron chi connectivity index (χ2n) is 5.68. The second-order valence-corrected chi connectivity index (χ2v) is 5.68. The van der Waals surface area contributed by atoms with E-state index in [0.717, 1.165) is 5.69 Å². The van der Waals surface area contributed by atoms with Crippen LogP contribution in [0.2, 0.25) is 0 Å². The van der Waals surface area contributed by atoms with Crippen molar-refractivity contribution in [3.8, 4) is 5.69 Å². The summed E-state index contributed by atoms with van der Waals surface area (Å²) in [7, 11) is 0. The second kappa shape index (κ2) is 5.29. The number of nitrogens with one attached hydrogen (secondary N) is 1. The lowest BCUT2D eigenvalue weighted by atomic mass is 10.1. The van der Waals surface area contributed by atoms with Crippen molar-refractivity contribution < 1.29 is 14.7 Å². The van der Waals surface area contributed by atoms with Crippen molar-refractivity contribution >= 4 is 11.9 Å². The highest BCUT2D eigenvalue weighted by Crippen LogP contribution is 2.45. The molecule has 1 amide bonds. The maximum Gasteiger partial charge on any atom is 0.311 e. The Morgan fingerprint density at radius 3 is 2.59 bits per heavy atom. The zero-order chi connectivity index (χ0) is 15.7. The number of carbonyl (C=O) groups is 2. The Labute approximate surface area is 127 Å². The Hall–Kier alpha value is -2.63. The first-order valence-electron chi connectivity index (χ1n) is 7.15. The van der Waals surface area contributed by atoms with Crippen molar-refractivity contribution in [2.75, 3.05) is 6.54 Å². The lowest BCUT2D eigenvalue weighted by Crippen LogP contribution is -2.34. The van der Waals surface area contributed by atoms with Crippen molar-refractivity contribution in [3.05, 3.63) is 47.8 Å². The minimum Gasteiger partial charge on any atom is -0.481 e. The molecular formula is C16H17N3O3. The number of benzene rings is 1. The van der Waals surface area contributed by atoms with Crippen molar-refractivity contribution in [2.24, 2.45) is 5.41 Å². The Morgan fingerprint density at radius 1 is 1.32 bits per heavy atom. The zero-order valence-corrected chi connectivity index (χ0v) is 12.2. The summed E-state index contributed by atoms with van der Waals surface area (Å²) in [5.41, 5.74) is 1.18. The van der Waals surface area contributed by atoms with E-state index < -0.39 is 11.4 Å². The van der Waals surface area contributed by atoms with Crippen LogP contribution in [0.4, 0.5) is 0 Å². The van der Waals surface area contributed by atoms with Crippen LogP contribution in [-0.2, 0) is 4.79 Å². The molecule has 1 heterocycles. The predicted molar refractivity (Wildman–Crippen MR) is 79.9 cm³/mol. The van der Waals surface area contributed by atoms with Gasteiger partial charge in [0.15, 0.2) is 0 Å². The molecule has 0 aliphatic heterocycles. The fourth-order valence-electron chi connectivity index (χ4n) is 2.36. The number of nitrogens with zero attached hydrogens (tertiary/aromatic N) is 2. The molecule has 1 aromatic carbocycles. The number of carboxylic acids is 1. The molecule has 0 spiro atoms. The predicted octanol–water partition coefficient (Wildman–Crippen LogP) is 1.78. The average molecular weight is 299 g/mol. The molecule has 0 unspecified atom stereocenters. The standard InChI is InChI=1S/C16H17N3O3/c1-11-13(9-19(18-11)12-5-3-2-4-6-12)14(20)17-10-16(7-8-16)15(21)22/h2-6,9H,7-8,10H2,1H3,(H,17,20)(H,21,22). The Morgan fingerprint density at radius 2 is 2.00 bits per heavy atom. The van der Waals surface area contributed by atoms with Crippen LogP contribution in [-0.4, -0.2) is 33.3 Å². The quantitative estimate of drug-likeness (QED) is 0.881. The van der Waals surface area contributed by atoms with E-state index >= 15 is 0 Å². The number of para-hydroxylation sites is 1. The van der Waals surface area contributed by atoms with Crippen molar-refractivity contribution in [1.29, 1.82) is 0 Å². The topological polar surface area (TPSA) is 84.2 Å². The van der Waals surface area contributed by atoms with E-state index in [9.17, 15) is 9.59 Å². The van der Waals surface area contributed by atoms with Crippen molar-refractivity contribution in [2.45, 2.75) is 19.8 Å². The SMILES string of the molecule is Cc1nn(-c2ccccc2)cc1C(=O)NCC1(C(=O)O)CC1. The van der Waals surface area contributed by atoms with Gasteiger partial charge in [0, 0.05) is 12.7 Å². The number of amides is 1. The first kappa shape index (κ1) is 14.3. The summed E-state index contributed by atoms with van der Waals surface area (Å²) in [6.07, 6.45) is 2.90. The monoisotopic (exact) mass is 299 g/mol. The Bertz CT molecular complexity index is 717. The van der Waals surface area contributed by atoms with Gasteiger partial charge in [0.1, 0.15) is 0 Å². The molecule has 1 aromatic heterocycles. The third-order valence-corrected chi connectivity index (χ3v) is 4.06. The number of aryl methyl sites for hydroxylation is 1. The summed E-state index contributed by atoms with van der Waals surface area (Å²) in [4.78, 5) is 23.4. The molecule has 6 nitrogen and oxygen atoms in total. The van der Waals surface area contributed by atoms with E-state index in [-0.39, 0.29) is 12.5 Å². The van der Waals surface area contributed by atoms with Crippen molar-refractivity contribution in [1.82, 2.24) is 15.1 Å². The number of carbonyl (C=O) groups excluding carboxylic acids is 1. The van der Waals surface area contributed by atoms with Gasteiger partial charge in [0.25, 0.3) is 5.91 Å². The third-order valence-electron chi connectivity index (χ3n) is 4.06. The van der Waals surface area contributed by atoms with E-state index in [1.165, 1.54) is 0 Å². The molecule has 6 heteroatoms. The van der Waals surface area contributed by atoms with Gasteiger partial charge in [-0.2, -0.15) is 5.10 Å². The summed E-state index contributed by atoms with van der Waals surface area (Å²) in [6, 6.07) is 9.51. The molecular weight excluding hydrogens is 282 g/mol. The highest BCUT2D eigenvalue weighted by Gasteiger charge is 2.50. The van der Waals surface area contributed by atoms with Gasteiger partial charge in [-0.15, -0.1) is 0 Å². The summed E-state index contributed by atoms with van der Waals surface area (Å²) in [6.45, 7) is 1.93. The average Bonchev–Trinajstić information content (AvgIpc) is 3.22. The summed E-state index contributed by atoms with van der Waals surface area (Å²) >= 11 is 0. The number of aromatic nitrogens is 2. The van der Waals surface area contributed by atoms with E-state index in [2.05, 4.69) is 10.4 Å². The molecule has 22 heavy (non-hydrogen) atoms. The molecule has 0 bridgehead atoms. The van der Waals surface area contributed by atoms with Gasteiger partial charge in [-0.1, -0.05) is 18.2 Å². The summed E-state index contributed by atoms with van der Waals surface area (Å²) in [5.74, 6) is -1.13. The lowest BCUT2D eigenvalue weighted by molar-refractivity contribution is -0.143. The first-order chi connectivity index (χ1) is 10.5. The van der Waals surface area contributed by atoms with Crippen LogP contribution in [0.1, 0.15) is 28.9 Å². The molecule has 0 radical (unpaired) electrons. The molecule has 3 rings (SSSR count). The summed E-state index contributed by atoms with van der Waals surface area (Å²) < 4.78 is 1.65. The van der Waals surface area contributed by atoms with Crippen LogP contribution in [0, 0.1) is 12.3 Å². The van der Waals surface area contributed by atoms with Gasteiger partial charge >= 0.3 is 5.97 Å². The molecule has 1 aliphatic rings. The van der Waals surface area contributed by atoms with E-state index in [0.29, 0.717) is 24.1 Å². The number of hydrogen-bond donors (Lipinski definition) is 2. The van der Waals surface area contributed by atoms with Gasteiger partial charge in [0.2, 0.25) is 0 Å². The largest absolute Gasteiger partial charge is 0.481 e. The number of aliphatic carboxylic acids is 1. The Balaban J connectivity index is 1.74. The maximum absolute atomic E-state index is 12.2. The van der Waals surface area contributed by atoms with Crippen LogP contribution < -0.4 is 5.32 Å². The van der Waals surface area contributed by atoms with E-state index in [1.807, 2.05) is 30.3 Å². The zero-order valence-electron chi connectivity index (χ0n) is 12.2. The number of carboxylic acid groups (broad SMARTS) is 1. The van der Waals surface area contributed by atoms with Crippen LogP contribution in [0.3, 0.4) is 0 Å². The smallest absolute Gasteiger partial charge is 0.311 e. The molecule has 0 atom stereocenters. The molecule has 2 aromatic rings. The molecule has 1 saturated carbocycles. The van der Waals surface area contributed by atoms with Crippen LogP contribution in [0.5, 0.6) is 0 Å². The van der Waals surface area contributed by atoms with Crippen LogP contribution in [0.15, 0.2) is 36.5 Å². The maximum atomic E-state index is 12.2. The normalized spacial score (nSPS) is 15.3. The van der Waals surface area contributed by atoms with E-state index in [1.54, 1.807) is 17.8 Å². The first-order valence-corrected chi connectivity index (χ1v) is 7.15. The minimum atomic E-state index is -0.843. The highest BCUT2D eigenvalue weighted by molar-refractivity contribution is 5.95. The summed E-state index contributed by atoms with van der Waals surface area (Å²) in [5, 5.41) is 16.2. The molecule has 2 N–H and O–H groups in total. The van der Waals surface area contributed by atoms with Gasteiger partial charge in [0.05, 0.1) is 22.4 Å². The molecule has 114 valence electrons. The van der Waals surface area contributed by atoms with E-state index in [4.69, 9.17) is 5.11 Å². The van der Waals surface area contributed by atoms with Gasteiger partial charge in [-0.05, 0) is 31.9 Å². The Kier molecular flexibility index (Phi) is 3.44. The molecule has 1 fully saturated rings. The van der Waals surface area contributed by atoms with Gasteiger partial charge in [-0.3, -0.25) is 9.59 Å². The van der Waals surface area contributed by atoms with Gasteiger partial charge < -0.3 is 10.4 Å². The highest BCUT2D eigenvalue weighted by atomic mass is 16.4. The lowest BCUT2D eigenvalue weighted by Gasteiger charge is -2.10. The fraction of sp³-hybridized carbons (Fsp3) is 0.312.